The Morgan fingerprint density at radius 3 is 2.36 bits per heavy atom. The van der Waals surface area contributed by atoms with E-state index < -0.39 is 11.6 Å². The molecule has 0 aliphatic carbocycles. The summed E-state index contributed by atoms with van der Waals surface area (Å²) in [6.07, 6.45) is 2.30. The van der Waals surface area contributed by atoms with Crippen molar-refractivity contribution in [3.63, 3.8) is 0 Å². The molecule has 0 aromatic carbocycles. The number of rotatable bonds is 4. The van der Waals surface area contributed by atoms with Gasteiger partial charge in [0.2, 0.25) is 0 Å². The second-order valence-corrected chi connectivity index (χ2v) is 4.17. The van der Waals surface area contributed by atoms with Gasteiger partial charge in [-0.3, -0.25) is 5.41 Å². The van der Waals surface area contributed by atoms with Crippen molar-refractivity contribution in [3.8, 4) is 0 Å². The molecule has 0 aromatic heterocycles. The molecule has 0 aliphatic heterocycles. The first-order chi connectivity index (χ1) is 6.31. The zero-order valence-corrected chi connectivity index (χ0v) is 9.39. The molecule has 0 saturated heterocycles. The molecule has 3 heteroatoms. The number of carbonyl (C=O) groups excluding carboxylic acids is 1. The maximum Gasteiger partial charge on any atom is 0.353 e. The maximum atomic E-state index is 11.4. The Morgan fingerprint density at radius 2 is 2.07 bits per heavy atom. The van der Waals surface area contributed by atoms with Crippen LogP contribution >= 0.6 is 0 Å². The van der Waals surface area contributed by atoms with Crippen molar-refractivity contribution in [1.29, 1.82) is 5.41 Å². The first kappa shape index (κ1) is 12.9. The number of hydrogen-bond acceptors (Lipinski definition) is 3. The third-order valence-electron chi connectivity index (χ3n) is 1.71. The molecule has 0 radical (unpaired) electrons. The minimum atomic E-state index is -0.552. The van der Waals surface area contributed by atoms with E-state index in [0.717, 1.165) is 0 Å². The molecule has 14 heavy (non-hydrogen) atoms. The summed E-state index contributed by atoms with van der Waals surface area (Å²) < 4.78 is 5.07. The molecule has 1 atom stereocenters. The van der Waals surface area contributed by atoms with Gasteiger partial charge in [0.25, 0.3) is 0 Å². The summed E-state index contributed by atoms with van der Waals surface area (Å²) >= 11 is 0. The molecular weight excluding hydrogens is 178 g/mol. The molecular formula is C11H19NO2. The standard InChI is InChI=1S/C11H19NO2/c1-6-8(7-2)9(12)10(13)14-11(3,4)5/h6,8,12H,1,7H2,2-5H3. The van der Waals surface area contributed by atoms with Gasteiger partial charge in [0.05, 0.1) is 0 Å². The molecule has 1 unspecified atom stereocenters. The number of esters is 1. The van der Waals surface area contributed by atoms with Gasteiger partial charge in [-0.15, -0.1) is 6.58 Å². The summed E-state index contributed by atoms with van der Waals surface area (Å²) in [7, 11) is 0. The number of nitrogens with one attached hydrogen (secondary N) is 1. The Balaban J connectivity index is 4.40. The predicted molar refractivity (Wildman–Crippen MR) is 57.5 cm³/mol. The van der Waals surface area contributed by atoms with E-state index in [2.05, 4.69) is 6.58 Å². The number of carbonyl (C=O) groups is 1. The van der Waals surface area contributed by atoms with Crippen molar-refractivity contribution in [3.05, 3.63) is 12.7 Å². The minimum absolute atomic E-state index is 0.0163. The smallest absolute Gasteiger partial charge is 0.353 e. The molecule has 0 saturated carbocycles. The van der Waals surface area contributed by atoms with E-state index in [9.17, 15) is 4.79 Å². The molecule has 0 bridgehead atoms. The zero-order chi connectivity index (χ0) is 11.4. The Labute approximate surface area is 85.7 Å². The molecule has 0 aromatic rings. The van der Waals surface area contributed by atoms with Crippen LogP contribution < -0.4 is 0 Å². The number of hydrogen-bond donors (Lipinski definition) is 1. The second-order valence-electron chi connectivity index (χ2n) is 4.17. The molecule has 0 rings (SSSR count). The molecule has 0 spiro atoms. The van der Waals surface area contributed by atoms with Gasteiger partial charge < -0.3 is 4.74 Å². The topological polar surface area (TPSA) is 50.2 Å². The molecule has 1 N–H and O–H groups in total. The van der Waals surface area contributed by atoms with Gasteiger partial charge in [-0.05, 0) is 27.2 Å². The van der Waals surface area contributed by atoms with Gasteiger partial charge in [-0.25, -0.2) is 4.79 Å². The third-order valence-corrected chi connectivity index (χ3v) is 1.71. The van der Waals surface area contributed by atoms with Crippen molar-refractivity contribution < 1.29 is 9.53 Å². The molecule has 0 fully saturated rings. The van der Waals surface area contributed by atoms with E-state index in [0.29, 0.717) is 6.42 Å². The molecule has 0 heterocycles. The van der Waals surface area contributed by atoms with Gasteiger partial charge in [-0.1, -0.05) is 13.0 Å². The highest BCUT2D eigenvalue weighted by Crippen LogP contribution is 2.12. The lowest BCUT2D eigenvalue weighted by atomic mass is 10.0. The van der Waals surface area contributed by atoms with Crippen molar-refractivity contribution in [1.82, 2.24) is 0 Å². The quantitative estimate of drug-likeness (QED) is 0.428. The fourth-order valence-corrected chi connectivity index (χ4v) is 0.973. The lowest BCUT2D eigenvalue weighted by molar-refractivity contribution is -0.146. The van der Waals surface area contributed by atoms with Crippen LogP contribution in [0.15, 0.2) is 12.7 Å². The van der Waals surface area contributed by atoms with Crippen LogP contribution in [0, 0.1) is 11.3 Å². The number of allylic oxidation sites excluding steroid dienone is 1. The summed E-state index contributed by atoms with van der Waals surface area (Å²) in [5, 5.41) is 7.59. The SMILES string of the molecule is C=CC(CC)C(=N)C(=O)OC(C)(C)C. The van der Waals surface area contributed by atoms with Crippen LogP contribution in [0.2, 0.25) is 0 Å². The van der Waals surface area contributed by atoms with E-state index in [1.54, 1.807) is 26.8 Å². The van der Waals surface area contributed by atoms with E-state index in [-0.39, 0.29) is 11.6 Å². The highest BCUT2D eigenvalue weighted by Gasteiger charge is 2.23. The number of ether oxygens (including phenoxy) is 1. The van der Waals surface area contributed by atoms with Gasteiger partial charge in [-0.2, -0.15) is 0 Å². The van der Waals surface area contributed by atoms with Gasteiger partial charge in [0.15, 0.2) is 0 Å². The normalized spacial score (nSPS) is 13.1. The average molecular weight is 197 g/mol. The van der Waals surface area contributed by atoms with E-state index in [1.165, 1.54) is 0 Å². The van der Waals surface area contributed by atoms with Crippen LogP contribution in [0.3, 0.4) is 0 Å². The summed E-state index contributed by atoms with van der Waals surface area (Å²) in [5.74, 6) is -0.755. The van der Waals surface area contributed by atoms with Crippen molar-refractivity contribution in [2.24, 2.45) is 5.92 Å². The first-order valence-corrected chi connectivity index (χ1v) is 4.76. The summed E-state index contributed by atoms with van der Waals surface area (Å²) in [6.45, 7) is 10.8. The van der Waals surface area contributed by atoms with Crippen LogP contribution in [-0.4, -0.2) is 17.3 Å². The lowest BCUT2D eigenvalue weighted by Crippen LogP contribution is -2.31. The highest BCUT2D eigenvalue weighted by molar-refractivity contribution is 6.36. The summed E-state index contributed by atoms with van der Waals surface area (Å²) in [6, 6.07) is 0. The van der Waals surface area contributed by atoms with Crippen LogP contribution in [-0.2, 0) is 9.53 Å². The van der Waals surface area contributed by atoms with E-state index in [1.807, 2.05) is 6.92 Å². The van der Waals surface area contributed by atoms with Crippen LogP contribution in [0.25, 0.3) is 0 Å². The van der Waals surface area contributed by atoms with Crippen LogP contribution in [0.4, 0.5) is 0 Å². The molecule has 0 amide bonds. The maximum absolute atomic E-state index is 11.4. The monoisotopic (exact) mass is 197 g/mol. The Hall–Kier alpha value is -1.12. The Bertz CT molecular complexity index is 238. The second kappa shape index (κ2) is 4.94. The zero-order valence-electron chi connectivity index (χ0n) is 9.39. The van der Waals surface area contributed by atoms with Crippen molar-refractivity contribution in [2.75, 3.05) is 0 Å². The Morgan fingerprint density at radius 1 is 1.57 bits per heavy atom. The van der Waals surface area contributed by atoms with Crippen molar-refractivity contribution in [2.45, 2.75) is 39.7 Å². The lowest BCUT2D eigenvalue weighted by Gasteiger charge is -2.21. The van der Waals surface area contributed by atoms with Gasteiger partial charge >= 0.3 is 5.97 Å². The van der Waals surface area contributed by atoms with Crippen LogP contribution in [0.1, 0.15) is 34.1 Å². The van der Waals surface area contributed by atoms with Crippen LogP contribution in [0.5, 0.6) is 0 Å². The largest absolute Gasteiger partial charge is 0.455 e. The molecule has 80 valence electrons. The Kier molecular flexibility index (Phi) is 4.54. The minimum Gasteiger partial charge on any atom is -0.455 e. The van der Waals surface area contributed by atoms with Gasteiger partial charge in [0, 0.05) is 5.92 Å². The average Bonchev–Trinajstić information content (AvgIpc) is 2.03. The van der Waals surface area contributed by atoms with E-state index >= 15 is 0 Å². The molecule has 3 nitrogen and oxygen atoms in total. The van der Waals surface area contributed by atoms with E-state index in [4.69, 9.17) is 10.1 Å². The first-order valence-electron chi connectivity index (χ1n) is 4.76. The summed E-state index contributed by atoms with van der Waals surface area (Å²) in [5.41, 5.74) is -0.555. The molecule has 0 aliphatic rings. The van der Waals surface area contributed by atoms with Crippen molar-refractivity contribution >= 4 is 11.7 Å². The fraction of sp³-hybridized carbons (Fsp3) is 0.636. The third kappa shape index (κ3) is 4.21. The fourth-order valence-electron chi connectivity index (χ4n) is 0.973. The van der Waals surface area contributed by atoms with Gasteiger partial charge in [0.1, 0.15) is 11.3 Å². The summed E-state index contributed by atoms with van der Waals surface area (Å²) in [4.78, 5) is 11.4. The predicted octanol–water partition coefficient (Wildman–Crippen LogP) is 2.56. The highest BCUT2D eigenvalue weighted by atomic mass is 16.6.